The minimum atomic E-state index is -0.431. The van der Waals surface area contributed by atoms with E-state index < -0.39 is 6.10 Å². The predicted molar refractivity (Wildman–Crippen MR) is 77.2 cm³/mol. The number of amides is 1. The molecule has 1 amide bonds. The maximum Gasteiger partial charge on any atom is 0.261 e. The molecule has 1 aromatic rings. The number of rotatable bonds is 8. The highest BCUT2D eigenvalue weighted by atomic mass is 16.5. The fourth-order valence-electron chi connectivity index (χ4n) is 1.77. The lowest BCUT2D eigenvalue weighted by molar-refractivity contribution is -0.128. The summed E-state index contributed by atoms with van der Waals surface area (Å²) in [4.78, 5) is 12.0. The molecule has 1 unspecified atom stereocenters. The van der Waals surface area contributed by atoms with Crippen molar-refractivity contribution in [1.82, 2.24) is 5.32 Å². The van der Waals surface area contributed by atoms with Gasteiger partial charge in [0.25, 0.3) is 5.91 Å². The molecule has 4 nitrogen and oxygen atoms in total. The maximum atomic E-state index is 12.0. The van der Waals surface area contributed by atoms with Crippen LogP contribution >= 0.6 is 0 Å². The van der Waals surface area contributed by atoms with Crippen LogP contribution in [0.25, 0.3) is 0 Å². The van der Waals surface area contributed by atoms with E-state index in [2.05, 4.69) is 5.32 Å². The molecule has 0 aliphatic rings. The number of carbonyl (C=O) groups is 1. The van der Waals surface area contributed by atoms with E-state index in [1.807, 2.05) is 38.1 Å². The van der Waals surface area contributed by atoms with Crippen molar-refractivity contribution in [1.29, 1.82) is 0 Å². The van der Waals surface area contributed by atoms with Crippen molar-refractivity contribution in [3.05, 3.63) is 29.8 Å². The number of ether oxygens (including phenoxy) is 1. The highest BCUT2D eigenvalue weighted by molar-refractivity contribution is 5.81. The highest BCUT2D eigenvalue weighted by Crippen LogP contribution is 2.15. The molecule has 106 valence electrons. The van der Waals surface area contributed by atoms with E-state index >= 15 is 0 Å². The molecule has 4 heteroatoms. The lowest BCUT2D eigenvalue weighted by atomic mass is 10.2. The van der Waals surface area contributed by atoms with Gasteiger partial charge in [-0.1, -0.05) is 19.1 Å². The minimum absolute atomic E-state index is 0.0546. The van der Waals surface area contributed by atoms with Gasteiger partial charge in [-0.3, -0.25) is 4.79 Å². The summed E-state index contributed by atoms with van der Waals surface area (Å²) in [5, 5.41) is 2.88. The number of carbonyl (C=O) groups excluding carboxylic acids is 1. The summed E-state index contributed by atoms with van der Waals surface area (Å²) in [6.07, 6.45) is 2.05. The Labute approximate surface area is 115 Å². The van der Waals surface area contributed by atoms with Crippen LogP contribution in [0.2, 0.25) is 0 Å². The van der Waals surface area contributed by atoms with Gasteiger partial charge >= 0.3 is 0 Å². The maximum absolute atomic E-state index is 12.0. The average Bonchev–Trinajstić information content (AvgIpc) is 2.41. The van der Waals surface area contributed by atoms with E-state index in [4.69, 9.17) is 10.5 Å². The highest BCUT2D eigenvalue weighted by Gasteiger charge is 2.17. The van der Waals surface area contributed by atoms with Crippen LogP contribution < -0.4 is 15.8 Å². The summed E-state index contributed by atoms with van der Waals surface area (Å²) >= 11 is 0. The SMILES string of the molecule is CCC(Oc1cccc(C)c1)C(=O)NCCCCN. The van der Waals surface area contributed by atoms with Gasteiger partial charge < -0.3 is 15.8 Å². The molecule has 0 aliphatic heterocycles. The molecule has 1 aromatic carbocycles. The smallest absolute Gasteiger partial charge is 0.261 e. The third kappa shape index (κ3) is 5.75. The fourth-order valence-corrected chi connectivity index (χ4v) is 1.77. The summed E-state index contributed by atoms with van der Waals surface area (Å²) in [6, 6.07) is 7.74. The van der Waals surface area contributed by atoms with E-state index in [-0.39, 0.29) is 5.91 Å². The molecule has 0 saturated carbocycles. The number of hydrogen-bond acceptors (Lipinski definition) is 3. The Kier molecular flexibility index (Phi) is 6.97. The lowest BCUT2D eigenvalue weighted by Crippen LogP contribution is -2.38. The quantitative estimate of drug-likeness (QED) is 0.706. The van der Waals surface area contributed by atoms with E-state index in [0.29, 0.717) is 19.5 Å². The van der Waals surface area contributed by atoms with Crippen molar-refractivity contribution < 1.29 is 9.53 Å². The average molecular weight is 264 g/mol. The molecule has 3 N–H and O–H groups in total. The van der Waals surface area contributed by atoms with Crippen molar-refractivity contribution >= 4 is 5.91 Å². The van der Waals surface area contributed by atoms with E-state index in [1.165, 1.54) is 0 Å². The van der Waals surface area contributed by atoms with Crippen LogP contribution in [0, 0.1) is 6.92 Å². The molecular weight excluding hydrogens is 240 g/mol. The van der Waals surface area contributed by atoms with Gasteiger partial charge in [0.2, 0.25) is 0 Å². The first-order valence-electron chi connectivity index (χ1n) is 6.88. The molecule has 0 heterocycles. The molecule has 19 heavy (non-hydrogen) atoms. The van der Waals surface area contributed by atoms with E-state index in [9.17, 15) is 4.79 Å². The number of aryl methyl sites for hydroxylation is 1. The van der Waals surface area contributed by atoms with Gasteiger partial charge in [0, 0.05) is 6.54 Å². The summed E-state index contributed by atoms with van der Waals surface area (Å²) in [7, 11) is 0. The van der Waals surface area contributed by atoms with Crippen LogP contribution in [0.1, 0.15) is 31.7 Å². The second-order valence-corrected chi connectivity index (χ2v) is 4.62. The monoisotopic (exact) mass is 264 g/mol. The van der Waals surface area contributed by atoms with E-state index in [1.54, 1.807) is 0 Å². The Balaban J connectivity index is 2.46. The molecule has 1 atom stereocenters. The lowest BCUT2D eigenvalue weighted by Gasteiger charge is -2.17. The normalized spacial score (nSPS) is 11.9. The van der Waals surface area contributed by atoms with Gasteiger partial charge in [-0.2, -0.15) is 0 Å². The fraction of sp³-hybridized carbons (Fsp3) is 0.533. The summed E-state index contributed by atoms with van der Waals surface area (Å²) in [5.74, 6) is 0.685. The van der Waals surface area contributed by atoms with Crippen LogP contribution in [0.5, 0.6) is 5.75 Å². The second-order valence-electron chi connectivity index (χ2n) is 4.62. The summed E-state index contributed by atoms with van der Waals surface area (Å²) < 4.78 is 5.73. The molecule has 0 aromatic heterocycles. The number of nitrogens with one attached hydrogen (secondary N) is 1. The van der Waals surface area contributed by atoms with Crippen LogP contribution in [-0.4, -0.2) is 25.1 Å². The Bertz CT molecular complexity index is 393. The number of unbranched alkanes of at least 4 members (excludes halogenated alkanes) is 1. The summed E-state index contributed by atoms with van der Waals surface area (Å²) in [5.41, 5.74) is 6.53. The van der Waals surface area contributed by atoms with Crippen LogP contribution in [-0.2, 0) is 4.79 Å². The Hall–Kier alpha value is -1.55. The minimum Gasteiger partial charge on any atom is -0.481 e. The van der Waals surface area contributed by atoms with Gasteiger partial charge in [-0.05, 0) is 50.4 Å². The zero-order valence-electron chi connectivity index (χ0n) is 11.8. The Morgan fingerprint density at radius 1 is 1.42 bits per heavy atom. The molecular formula is C15H24N2O2. The number of hydrogen-bond donors (Lipinski definition) is 2. The zero-order valence-corrected chi connectivity index (χ0v) is 11.8. The first-order valence-corrected chi connectivity index (χ1v) is 6.88. The first kappa shape index (κ1) is 15.5. The van der Waals surface area contributed by atoms with Crippen LogP contribution in [0.4, 0.5) is 0 Å². The molecule has 0 aliphatic carbocycles. The van der Waals surface area contributed by atoms with Crippen LogP contribution in [0.3, 0.4) is 0 Å². The summed E-state index contributed by atoms with van der Waals surface area (Å²) in [6.45, 7) is 5.26. The molecule has 0 saturated heterocycles. The predicted octanol–water partition coefficient (Wildman–Crippen LogP) is 2.01. The number of benzene rings is 1. The van der Waals surface area contributed by atoms with Crippen molar-refractivity contribution in [3.63, 3.8) is 0 Å². The third-order valence-corrected chi connectivity index (χ3v) is 2.86. The van der Waals surface area contributed by atoms with Gasteiger partial charge in [0.05, 0.1) is 0 Å². The Morgan fingerprint density at radius 2 is 2.21 bits per heavy atom. The van der Waals surface area contributed by atoms with Gasteiger partial charge in [0.15, 0.2) is 6.10 Å². The second kappa shape index (κ2) is 8.53. The van der Waals surface area contributed by atoms with E-state index in [0.717, 1.165) is 24.2 Å². The zero-order chi connectivity index (χ0) is 14.1. The largest absolute Gasteiger partial charge is 0.481 e. The van der Waals surface area contributed by atoms with Gasteiger partial charge in [-0.25, -0.2) is 0 Å². The van der Waals surface area contributed by atoms with Crippen molar-refractivity contribution in [3.8, 4) is 5.75 Å². The third-order valence-electron chi connectivity index (χ3n) is 2.86. The van der Waals surface area contributed by atoms with Crippen molar-refractivity contribution in [2.24, 2.45) is 5.73 Å². The van der Waals surface area contributed by atoms with Gasteiger partial charge in [-0.15, -0.1) is 0 Å². The van der Waals surface area contributed by atoms with Crippen LogP contribution in [0.15, 0.2) is 24.3 Å². The van der Waals surface area contributed by atoms with Crippen molar-refractivity contribution in [2.75, 3.05) is 13.1 Å². The Morgan fingerprint density at radius 3 is 2.84 bits per heavy atom. The molecule has 1 rings (SSSR count). The molecule has 0 fully saturated rings. The number of nitrogens with two attached hydrogens (primary N) is 1. The van der Waals surface area contributed by atoms with Crippen molar-refractivity contribution in [2.45, 2.75) is 39.2 Å². The first-order chi connectivity index (χ1) is 9.17. The molecule has 0 spiro atoms. The van der Waals surface area contributed by atoms with Gasteiger partial charge in [0.1, 0.15) is 5.75 Å². The molecule has 0 bridgehead atoms. The topological polar surface area (TPSA) is 64.3 Å². The molecule has 0 radical (unpaired) electrons. The standard InChI is InChI=1S/C15H24N2O2/c1-3-14(15(18)17-10-5-4-9-16)19-13-8-6-7-12(2)11-13/h6-8,11,14H,3-5,9-10,16H2,1-2H3,(H,17,18).